The summed E-state index contributed by atoms with van der Waals surface area (Å²) in [4.78, 5) is 27.2. The molecule has 1 aliphatic heterocycles. The summed E-state index contributed by atoms with van der Waals surface area (Å²) < 4.78 is 12.4. The van der Waals surface area contributed by atoms with E-state index in [0.717, 1.165) is 5.56 Å². The Morgan fingerprint density at radius 3 is 2.56 bits per heavy atom. The molecule has 10 heteroatoms. The number of thiocarbonyl (C=S) groups is 1. The van der Waals surface area contributed by atoms with Crippen molar-refractivity contribution in [3.63, 3.8) is 0 Å². The largest absolute Gasteiger partial charge is 0.490 e. The highest BCUT2D eigenvalue weighted by Crippen LogP contribution is 2.38. The Balaban J connectivity index is 1.67. The van der Waals surface area contributed by atoms with Crippen molar-refractivity contribution >= 4 is 80.0 Å². The van der Waals surface area contributed by atoms with Gasteiger partial charge < -0.3 is 9.47 Å². The molecule has 1 N–H and O–H groups in total. The molecule has 0 bridgehead atoms. The summed E-state index contributed by atoms with van der Waals surface area (Å²) in [5.74, 6) is -0.257. The van der Waals surface area contributed by atoms with E-state index in [9.17, 15) is 9.59 Å². The SMILES string of the molecule is CCOc1cc(/C=C2\C(=O)NC(=S)N(c3cccc(Cl)c3)C2=O)cc(Br)c1OCc1ccccc1Cl. The maximum absolute atomic E-state index is 13.3. The highest BCUT2D eigenvalue weighted by molar-refractivity contribution is 9.10. The van der Waals surface area contributed by atoms with Crippen LogP contribution in [0.25, 0.3) is 6.08 Å². The molecule has 3 aromatic carbocycles. The van der Waals surface area contributed by atoms with Crippen LogP contribution in [0.3, 0.4) is 0 Å². The molecule has 0 spiro atoms. The molecule has 0 unspecified atom stereocenters. The van der Waals surface area contributed by atoms with E-state index in [1.807, 2.05) is 25.1 Å². The average Bonchev–Trinajstić information content (AvgIpc) is 2.82. The Labute approximate surface area is 231 Å². The summed E-state index contributed by atoms with van der Waals surface area (Å²) in [5.41, 5.74) is 1.72. The van der Waals surface area contributed by atoms with Gasteiger partial charge in [-0.25, -0.2) is 0 Å². The molecule has 1 saturated heterocycles. The van der Waals surface area contributed by atoms with E-state index in [-0.39, 0.29) is 17.3 Å². The fourth-order valence-corrected chi connectivity index (χ4v) is 4.74. The summed E-state index contributed by atoms with van der Waals surface area (Å²) in [5, 5.41) is 3.57. The second-order valence-electron chi connectivity index (χ2n) is 7.58. The van der Waals surface area contributed by atoms with Gasteiger partial charge in [0, 0.05) is 15.6 Å². The molecule has 6 nitrogen and oxygen atoms in total. The predicted octanol–water partition coefficient (Wildman–Crippen LogP) is 6.56. The standard InChI is InChI=1S/C26H19BrCl2N2O4S/c1-2-34-22-12-15(11-20(27)23(22)35-14-16-6-3-4-9-21(16)29)10-19-24(32)30-26(36)31(25(19)33)18-8-5-7-17(28)13-18/h3-13H,2,14H2,1H3,(H,30,32,36)/b19-10+. The number of nitrogens with zero attached hydrogens (tertiary/aromatic N) is 1. The van der Waals surface area contributed by atoms with Crippen LogP contribution in [0.4, 0.5) is 5.69 Å². The number of nitrogens with one attached hydrogen (secondary N) is 1. The zero-order valence-electron chi connectivity index (χ0n) is 18.9. The van der Waals surface area contributed by atoms with E-state index in [1.165, 1.54) is 11.0 Å². The highest BCUT2D eigenvalue weighted by atomic mass is 79.9. The van der Waals surface area contributed by atoms with E-state index in [4.69, 9.17) is 44.9 Å². The van der Waals surface area contributed by atoms with Gasteiger partial charge in [-0.15, -0.1) is 0 Å². The maximum atomic E-state index is 13.3. The summed E-state index contributed by atoms with van der Waals surface area (Å²) in [6.45, 7) is 2.45. The van der Waals surface area contributed by atoms with E-state index >= 15 is 0 Å². The van der Waals surface area contributed by atoms with Crippen molar-refractivity contribution in [3.05, 3.63) is 91.9 Å². The molecule has 0 aliphatic carbocycles. The quantitative estimate of drug-likeness (QED) is 0.188. The first-order valence-corrected chi connectivity index (χ1v) is 12.7. The Kier molecular flexibility index (Phi) is 8.31. The first kappa shape index (κ1) is 26.2. The summed E-state index contributed by atoms with van der Waals surface area (Å²) in [7, 11) is 0. The van der Waals surface area contributed by atoms with Crippen LogP contribution in [0.1, 0.15) is 18.1 Å². The Morgan fingerprint density at radius 2 is 1.83 bits per heavy atom. The van der Waals surface area contributed by atoms with Gasteiger partial charge in [0.25, 0.3) is 11.8 Å². The molecular weight excluding hydrogens is 587 g/mol. The number of benzene rings is 3. The van der Waals surface area contributed by atoms with Crippen molar-refractivity contribution in [2.24, 2.45) is 0 Å². The second-order valence-corrected chi connectivity index (χ2v) is 9.67. The third kappa shape index (κ3) is 5.73. The minimum absolute atomic E-state index is 0.0241. The lowest BCUT2D eigenvalue weighted by Gasteiger charge is -2.29. The van der Waals surface area contributed by atoms with Crippen molar-refractivity contribution in [1.29, 1.82) is 0 Å². The van der Waals surface area contributed by atoms with Crippen molar-refractivity contribution in [3.8, 4) is 11.5 Å². The van der Waals surface area contributed by atoms with Gasteiger partial charge >= 0.3 is 0 Å². The van der Waals surface area contributed by atoms with Gasteiger partial charge in [0.1, 0.15) is 12.2 Å². The van der Waals surface area contributed by atoms with E-state index in [2.05, 4.69) is 21.2 Å². The predicted molar refractivity (Wildman–Crippen MR) is 149 cm³/mol. The molecule has 0 radical (unpaired) electrons. The first-order chi connectivity index (χ1) is 17.3. The monoisotopic (exact) mass is 604 g/mol. The fraction of sp³-hybridized carbons (Fsp3) is 0.115. The lowest BCUT2D eigenvalue weighted by atomic mass is 10.1. The Morgan fingerprint density at radius 1 is 1.06 bits per heavy atom. The summed E-state index contributed by atoms with van der Waals surface area (Å²) in [6.07, 6.45) is 1.47. The zero-order valence-corrected chi connectivity index (χ0v) is 22.8. The number of anilines is 1. The smallest absolute Gasteiger partial charge is 0.270 e. The molecule has 2 amide bonds. The minimum Gasteiger partial charge on any atom is -0.490 e. The number of halogens is 3. The lowest BCUT2D eigenvalue weighted by molar-refractivity contribution is -0.122. The topological polar surface area (TPSA) is 67.9 Å². The number of rotatable bonds is 7. The molecule has 0 aromatic heterocycles. The molecule has 4 rings (SSSR count). The average molecular weight is 606 g/mol. The number of hydrogen-bond acceptors (Lipinski definition) is 5. The third-order valence-electron chi connectivity index (χ3n) is 5.14. The minimum atomic E-state index is -0.601. The van der Waals surface area contributed by atoms with E-state index in [1.54, 1.807) is 42.5 Å². The summed E-state index contributed by atoms with van der Waals surface area (Å²) >= 11 is 21.1. The number of ether oxygens (including phenoxy) is 2. The molecular formula is C26H19BrCl2N2O4S. The van der Waals surface area contributed by atoms with Gasteiger partial charge in [0.05, 0.1) is 16.8 Å². The van der Waals surface area contributed by atoms with Gasteiger partial charge in [0.2, 0.25) is 0 Å². The molecule has 1 aliphatic rings. The van der Waals surface area contributed by atoms with Crippen LogP contribution in [0.2, 0.25) is 10.0 Å². The number of amides is 2. The third-order valence-corrected chi connectivity index (χ3v) is 6.62. The van der Waals surface area contributed by atoms with Crippen LogP contribution in [0, 0.1) is 0 Å². The Bertz CT molecular complexity index is 1400. The molecule has 0 atom stereocenters. The van der Waals surface area contributed by atoms with E-state index in [0.29, 0.717) is 43.9 Å². The van der Waals surface area contributed by atoms with E-state index < -0.39 is 11.8 Å². The Hall–Kier alpha value is -2.91. The van der Waals surface area contributed by atoms with Crippen molar-refractivity contribution in [1.82, 2.24) is 5.32 Å². The first-order valence-electron chi connectivity index (χ1n) is 10.8. The van der Waals surface area contributed by atoms with Crippen LogP contribution in [-0.4, -0.2) is 23.5 Å². The highest BCUT2D eigenvalue weighted by Gasteiger charge is 2.34. The lowest BCUT2D eigenvalue weighted by Crippen LogP contribution is -2.54. The molecule has 184 valence electrons. The maximum Gasteiger partial charge on any atom is 0.270 e. The molecule has 1 fully saturated rings. The normalized spacial score (nSPS) is 14.7. The van der Waals surface area contributed by atoms with Gasteiger partial charge in [-0.3, -0.25) is 19.8 Å². The van der Waals surface area contributed by atoms with Crippen LogP contribution in [-0.2, 0) is 16.2 Å². The van der Waals surface area contributed by atoms with Crippen LogP contribution in [0.5, 0.6) is 11.5 Å². The van der Waals surface area contributed by atoms with Crippen LogP contribution < -0.4 is 19.7 Å². The summed E-state index contributed by atoms with van der Waals surface area (Å²) in [6, 6.07) is 17.5. The van der Waals surface area contributed by atoms with Gasteiger partial charge in [-0.2, -0.15) is 0 Å². The van der Waals surface area contributed by atoms with Gasteiger partial charge in [0.15, 0.2) is 16.6 Å². The number of carbonyl (C=O) groups excluding carboxylic acids is 2. The molecule has 1 heterocycles. The van der Waals surface area contributed by atoms with Crippen LogP contribution >= 0.6 is 51.3 Å². The van der Waals surface area contributed by atoms with Crippen molar-refractivity contribution in [2.45, 2.75) is 13.5 Å². The zero-order chi connectivity index (χ0) is 25.8. The molecule has 0 saturated carbocycles. The molecule has 36 heavy (non-hydrogen) atoms. The molecule has 3 aromatic rings. The number of carbonyl (C=O) groups is 2. The van der Waals surface area contributed by atoms with Crippen LogP contribution in [0.15, 0.2) is 70.7 Å². The van der Waals surface area contributed by atoms with Gasteiger partial charge in [-0.1, -0.05) is 47.5 Å². The number of hydrogen-bond donors (Lipinski definition) is 1. The van der Waals surface area contributed by atoms with Gasteiger partial charge in [-0.05, 0) is 83.1 Å². The fourth-order valence-electron chi connectivity index (χ4n) is 3.51. The van der Waals surface area contributed by atoms with Crippen molar-refractivity contribution in [2.75, 3.05) is 11.5 Å². The second kappa shape index (κ2) is 11.4. The van der Waals surface area contributed by atoms with Crippen molar-refractivity contribution < 1.29 is 19.1 Å².